The number of amides is 2. The van der Waals surface area contributed by atoms with Crippen LogP contribution in [0.4, 0.5) is 10.1 Å². The molecule has 0 bridgehead atoms. The maximum atomic E-state index is 13.8. The predicted octanol–water partition coefficient (Wildman–Crippen LogP) is 5.36. The molecule has 2 aromatic carbocycles. The first kappa shape index (κ1) is 20.8. The fourth-order valence-corrected chi connectivity index (χ4v) is 4.03. The topological polar surface area (TPSA) is 49.4 Å². The summed E-state index contributed by atoms with van der Waals surface area (Å²) in [5.41, 5.74) is 0.810. The number of carbonyl (C=O) groups excluding carboxylic acids is 2. The van der Waals surface area contributed by atoms with Crippen molar-refractivity contribution in [2.45, 2.75) is 6.42 Å². The monoisotopic (exact) mass is 454 g/mol. The average molecular weight is 455 g/mol. The minimum atomic E-state index is -0.422. The standard InChI is InChI=1S/C19H13Cl2FN2O2S2/c20-13-6-5-12(10-14(13)21)23-17(25)7-8-24-18(26)16(28-19(24)27)9-11-3-1-2-4-15(11)22/h1-6,9-10H,7-8H2,(H,23,25). The number of benzene rings is 2. The zero-order valence-corrected chi connectivity index (χ0v) is 17.4. The van der Waals surface area contributed by atoms with Crippen LogP contribution < -0.4 is 5.32 Å². The SMILES string of the molecule is O=C(CCN1C(=O)C(=Cc2ccccc2F)SC1=S)Nc1ccc(Cl)c(Cl)c1. The van der Waals surface area contributed by atoms with Crippen LogP contribution in [0.25, 0.3) is 6.08 Å². The van der Waals surface area contributed by atoms with Crippen molar-refractivity contribution in [3.63, 3.8) is 0 Å². The number of anilines is 1. The van der Waals surface area contributed by atoms with E-state index in [2.05, 4.69) is 5.32 Å². The number of halogens is 3. The number of nitrogens with one attached hydrogen (secondary N) is 1. The maximum Gasteiger partial charge on any atom is 0.266 e. The van der Waals surface area contributed by atoms with Crippen LogP contribution in [0.5, 0.6) is 0 Å². The number of hydrogen-bond acceptors (Lipinski definition) is 4. The third-order valence-corrected chi connectivity index (χ3v) is 5.95. The van der Waals surface area contributed by atoms with E-state index in [1.54, 1.807) is 36.4 Å². The quantitative estimate of drug-likeness (QED) is 0.487. The van der Waals surface area contributed by atoms with E-state index in [0.717, 1.165) is 11.8 Å². The molecule has 0 atom stereocenters. The molecule has 0 aliphatic carbocycles. The maximum absolute atomic E-state index is 13.8. The molecule has 9 heteroatoms. The molecule has 1 heterocycles. The summed E-state index contributed by atoms with van der Waals surface area (Å²) >= 11 is 18.1. The molecule has 1 fully saturated rings. The first-order chi connectivity index (χ1) is 13.3. The van der Waals surface area contributed by atoms with E-state index in [-0.39, 0.29) is 24.8 Å². The van der Waals surface area contributed by atoms with Crippen molar-refractivity contribution in [1.82, 2.24) is 4.90 Å². The first-order valence-electron chi connectivity index (χ1n) is 8.10. The van der Waals surface area contributed by atoms with Crippen LogP contribution in [0.2, 0.25) is 10.0 Å². The molecule has 1 saturated heterocycles. The summed E-state index contributed by atoms with van der Waals surface area (Å²) in [6.07, 6.45) is 1.50. The molecule has 0 radical (unpaired) electrons. The summed E-state index contributed by atoms with van der Waals surface area (Å²) in [4.78, 5) is 26.4. The Morgan fingerprint density at radius 2 is 1.96 bits per heavy atom. The summed E-state index contributed by atoms with van der Waals surface area (Å²) in [6, 6.07) is 10.9. The third kappa shape index (κ3) is 4.91. The van der Waals surface area contributed by atoms with E-state index in [1.807, 2.05) is 0 Å². The third-order valence-electron chi connectivity index (χ3n) is 3.83. The number of hydrogen-bond donors (Lipinski definition) is 1. The molecule has 1 aliphatic rings. The molecule has 1 N–H and O–H groups in total. The van der Waals surface area contributed by atoms with E-state index in [0.29, 0.717) is 30.5 Å². The van der Waals surface area contributed by atoms with Crippen LogP contribution in [-0.2, 0) is 9.59 Å². The van der Waals surface area contributed by atoms with Gasteiger partial charge in [0.1, 0.15) is 10.1 Å². The number of carbonyl (C=O) groups is 2. The Labute approximate surface area is 180 Å². The highest BCUT2D eigenvalue weighted by Crippen LogP contribution is 2.33. The highest BCUT2D eigenvalue weighted by molar-refractivity contribution is 8.26. The van der Waals surface area contributed by atoms with Crippen LogP contribution in [0.1, 0.15) is 12.0 Å². The number of nitrogens with zero attached hydrogens (tertiary/aromatic N) is 1. The lowest BCUT2D eigenvalue weighted by atomic mass is 10.2. The van der Waals surface area contributed by atoms with Gasteiger partial charge in [-0.3, -0.25) is 14.5 Å². The molecule has 28 heavy (non-hydrogen) atoms. The number of thiocarbonyl (C=S) groups is 1. The summed E-state index contributed by atoms with van der Waals surface area (Å²) < 4.78 is 14.1. The van der Waals surface area contributed by atoms with E-state index >= 15 is 0 Å². The number of thioether (sulfide) groups is 1. The lowest BCUT2D eigenvalue weighted by Gasteiger charge is -2.14. The second kappa shape index (κ2) is 9.05. The second-order valence-electron chi connectivity index (χ2n) is 5.78. The van der Waals surface area contributed by atoms with Gasteiger partial charge in [0.25, 0.3) is 5.91 Å². The van der Waals surface area contributed by atoms with Crippen LogP contribution in [-0.4, -0.2) is 27.6 Å². The summed E-state index contributed by atoms with van der Waals surface area (Å²) in [5.74, 6) is -1.07. The molecule has 0 saturated carbocycles. The molecule has 0 spiro atoms. The average Bonchev–Trinajstić information content (AvgIpc) is 2.91. The van der Waals surface area contributed by atoms with Crippen molar-refractivity contribution in [3.8, 4) is 0 Å². The molecule has 0 aromatic heterocycles. The lowest BCUT2D eigenvalue weighted by Crippen LogP contribution is -2.31. The van der Waals surface area contributed by atoms with Gasteiger partial charge in [-0.2, -0.15) is 0 Å². The molecule has 1 aliphatic heterocycles. The molecule has 4 nitrogen and oxygen atoms in total. The highest BCUT2D eigenvalue weighted by Gasteiger charge is 2.32. The highest BCUT2D eigenvalue weighted by atomic mass is 35.5. The molecule has 0 unspecified atom stereocenters. The smallest absolute Gasteiger partial charge is 0.266 e. The lowest BCUT2D eigenvalue weighted by molar-refractivity contribution is -0.122. The zero-order valence-electron chi connectivity index (χ0n) is 14.2. The van der Waals surface area contributed by atoms with Gasteiger partial charge >= 0.3 is 0 Å². The summed E-state index contributed by atoms with van der Waals surface area (Å²) in [7, 11) is 0. The normalized spacial score (nSPS) is 15.4. The van der Waals surface area contributed by atoms with Gasteiger partial charge in [-0.05, 0) is 30.3 Å². The Balaban J connectivity index is 1.62. The van der Waals surface area contributed by atoms with Gasteiger partial charge in [0.15, 0.2) is 0 Å². The fraction of sp³-hybridized carbons (Fsp3) is 0.105. The predicted molar refractivity (Wildman–Crippen MR) is 116 cm³/mol. The minimum absolute atomic E-state index is 0.0413. The minimum Gasteiger partial charge on any atom is -0.326 e. The second-order valence-corrected chi connectivity index (χ2v) is 8.27. The fourth-order valence-electron chi connectivity index (χ4n) is 2.44. The van der Waals surface area contributed by atoms with Crippen molar-refractivity contribution >= 4 is 75.1 Å². The molecule has 2 aromatic rings. The Kier molecular flexibility index (Phi) is 6.72. The Bertz CT molecular complexity index is 998. The molecular weight excluding hydrogens is 442 g/mol. The van der Waals surface area contributed by atoms with Gasteiger partial charge in [0.2, 0.25) is 5.91 Å². The van der Waals surface area contributed by atoms with Crippen LogP contribution >= 0.6 is 47.2 Å². The largest absolute Gasteiger partial charge is 0.326 e. The van der Waals surface area contributed by atoms with Gasteiger partial charge in [-0.25, -0.2) is 4.39 Å². The van der Waals surface area contributed by atoms with Crippen molar-refractivity contribution in [2.24, 2.45) is 0 Å². The first-order valence-corrected chi connectivity index (χ1v) is 10.1. The number of rotatable bonds is 5. The van der Waals surface area contributed by atoms with E-state index in [4.69, 9.17) is 35.4 Å². The van der Waals surface area contributed by atoms with Gasteiger partial charge in [0, 0.05) is 24.2 Å². The van der Waals surface area contributed by atoms with Crippen molar-refractivity contribution in [1.29, 1.82) is 0 Å². The van der Waals surface area contributed by atoms with E-state index < -0.39 is 5.82 Å². The van der Waals surface area contributed by atoms with Crippen molar-refractivity contribution < 1.29 is 14.0 Å². The molecule has 3 rings (SSSR count). The van der Waals surface area contributed by atoms with E-state index in [1.165, 1.54) is 17.0 Å². The summed E-state index contributed by atoms with van der Waals surface area (Å²) in [5, 5.41) is 3.40. The van der Waals surface area contributed by atoms with Crippen LogP contribution in [0, 0.1) is 5.82 Å². The van der Waals surface area contributed by atoms with Crippen LogP contribution in [0.3, 0.4) is 0 Å². The van der Waals surface area contributed by atoms with Gasteiger partial charge in [-0.1, -0.05) is 65.4 Å². The molecule has 2 amide bonds. The van der Waals surface area contributed by atoms with Gasteiger partial charge < -0.3 is 5.32 Å². The van der Waals surface area contributed by atoms with Crippen LogP contribution in [0.15, 0.2) is 47.4 Å². The molecular formula is C19H13Cl2FN2O2S2. The summed E-state index contributed by atoms with van der Waals surface area (Å²) in [6.45, 7) is 0.117. The Hall–Kier alpha value is -1.93. The van der Waals surface area contributed by atoms with Gasteiger partial charge in [-0.15, -0.1) is 0 Å². The Morgan fingerprint density at radius 1 is 1.21 bits per heavy atom. The van der Waals surface area contributed by atoms with Crippen molar-refractivity contribution in [3.05, 3.63) is 68.8 Å². The molecule has 144 valence electrons. The van der Waals surface area contributed by atoms with E-state index in [9.17, 15) is 14.0 Å². The van der Waals surface area contributed by atoms with Gasteiger partial charge in [0.05, 0.1) is 15.0 Å². The Morgan fingerprint density at radius 3 is 2.68 bits per heavy atom. The zero-order chi connectivity index (χ0) is 20.3. The van der Waals surface area contributed by atoms with Crippen molar-refractivity contribution in [2.75, 3.05) is 11.9 Å².